The van der Waals surface area contributed by atoms with Crippen LogP contribution in [0.3, 0.4) is 0 Å². The predicted molar refractivity (Wildman–Crippen MR) is 64.2 cm³/mol. The van der Waals surface area contributed by atoms with E-state index in [4.69, 9.17) is 4.74 Å². The van der Waals surface area contributed by atoms with Gasteiger partial charge >= 0.3 is 5.97 Å². The molecule has 0 amide bonds. The number of H-pyrrole nitrogens is 1. The zero-order valence-electron chi connectivity index (χ0n) is 10.0. The van der Waals surface area contributed by atoms with E-state index >= 15 is 0 Å². The van der Waals surface area contributed by atoms with Crippen LogP contribution in [0.15, 0.2) is 16.9 Å². The van der Waals surface area contributed by atoms with E-state index in [1.54, 1.807) is 31.5 Å². The topological polar surface area (TPSA) is 64.1 Å². The van der Waals surface area contributed by atoms with Gasteiger partial charge in [0.25, 0.3) is 0 Å². The van der Waals surface area contributed by atoms with Gasteiger partial charge in [-0.25, -0.2) is 4.79 Å². The number of hydrogen-bond donors (Lipinski definition) is 1. The molecular formula is C12H14N2O3. The molecule has 2 aromatic rings. The highest BCUT2D eigenvalue weighted by Crippen LogP contribution is 2.14. The van der Waals surface area contributed by atoms with Gasteiger partial charge in [0, 0.05) is 18.8 Å². The average molecular weight is 234 g/mol. The smallest absolute Gasteiger partial charge is 0.355 e. The molecular weight excluding hydrogens is 220 g/mol. The van der Waals surface area contributed by atoms with Crippen molar-refractivity contribution in [1.82, 2.24) is 9.55 Å². The number of carbonyl (C=O) groups excluding carboxylic acids is 1. The number of fused-ring (bicyclic) bond motifs is 1. The number of aryl methyl sites for hydroxylation is 2. The minimum atomic E-state index is -0.420. The molecule has 0 aromatic carbocycles. The van der Waals surface area contributed by atoms with Gasteiger partial charge in [-0.05, 0) is 19.9 Å². The number of hydrogen-bond acceptors (Lipinski definition) is 3. The Morgan fingerprint density at radius 3 is 2.82 bits per heavy atom. The number of aromatic nitrogens is 2. The van der Waals surface area contributed by atoms with E-state index in [0.717, 1.165) is 5.69 Å². The number of esters is 1. The van der Waals surface area contributed by atoms with Gasteiger partial charge in [-0.3, -0.25) is 4.79 Å². The monoisotopic (exact) mass is 234 g/mol. The summed E-state index contributed by atoms with van der Waals surface area (Å²) in [6, 6.07) is 3.15. The van der Waals surface area contributed by atoms with E-state index in [1.165, 1.54) is 6.07 Å². The fourth-order valence-corrected chi connectivity index (χ4v) is 1.91. The normalized spacial score (nSPS) is 10.8. The van der Waals surface area contributed by atoms with Crippen molar-refractivity contribution in [3.8, 4) is 0 Å². The Kier molecular flexibility index (Phi) is 2.75. The van der Waals surface area contributed by atoms with Gasteiger partial charge in [0.05, 0.1) is 12.1 Å². The number of nitrogens with zero attached hydrogens (tertiary/aromatic N) is 1. The first kappa shape index (κ1) is 11.4. The van der Waals surface area contributed by atoms with E-state index in [9.17, 15) is 9.59 Å². The first-order valence-electron chi connectivity index (χ1n) is 5.41. The van der Waals surface area contributed by atoms with Crippen molar-refractivity contribution in [1.29, 1.82) is 0 Å². The number of pyridine rings is 1. The van der Waals surface area contributed by atoms with Gasteiger partial charge in [-0.1, -0.05) is 0 Å². The summed E-state index contributed by atoms with van der Waals surface area (Å²) in [5.41, 5.74) is 2.18. The molecule has 0 aliphatic carbocycles. The Morgan fingerprint density at radius 1 is 1.47 bits per heavy atom. The Hall–Kier alpha value is -2.04. The van der Waals surface area contributed by atoms with Crippen molar-refractivity contribution in [2.45, 2.75) is 13.8 Å². The molecule has 0 radical (unpaired) electrons. The van der Waals surface area contributed by atoms with Crippen LogP contribution >= 0.6 is 0 Å². The van der Waals surface area contributed by atoms with E-state index in [0.29, 0.717) is 23.3 Å². The lowest BCUT2D eigenvalue weighted by Crippen LogP contribution is -2.12. The molecule has 5 heteroatoms. The first-order valence-corrected chi connectivity index (χ1v) is 5.41. The fraction of sp³-hybridized carbons (Fsp3) is 0.333. The molecule has 0 aliphatic heterocycles. The number of rotatable bonds is 2. The van der Waals surface area contributed by atoms with E-state index in [2.05, 4.69) is 4.98 Å². The van der Waals surface area contributed by atoms with E-state index in [-0.39, 0.29) is 5.43 Å². The van der Waals surface area contributed by atoms with Gasteiger partial charge in [0.15, 0.2) is 0 Å². The van der Waals surface area contributed by atoms with Crippen molar-refractivity contribution in [2.75, 3.05) is 6.61 Å². The van der Waals surface area contributed by atoms with Crippen LogP contribution in [-0.4, -0.2) is 22.1 Å². The molecule has 90 valence electrons. The summed E-state index contributed by atoms with van der Waals surface area (Å²) < 4.78 is 6.49. The maximum absolute atomic E-state index is 11.8. The number of ether oxygens (including phenoxy) is 1. The summed E-state index contributed by atoms with van der Waals surface area (Å²) in [5.74, 6) is -0.420. The maximum atomic E-state index is 11.8. The maximum Gasteiger partial charge on any atom is 0.355 e. The second-order valence-corrected chi connectivity index (χ2v) is 3.89. The highest BCUT2D eigenvalue weighted by molar-refractivity contribution is 5.94. The lowest BCUT2D eigenvalue weighted by atomic mass is 10.3. The summed E-state index contributed by atoms with van der Waals surface area (Å²) in [5, 5.41) is 0. The van der Waals surface area contributed by atoms with Gasteiger partial charge in [0.2, 0.25) is 5.43 Å². The van der Waals surface area contributed by atoms with Crippen LogP contribution in [0.4, 0.5) is 0 Å². The van der Waals surface area contributed by atoms with E-state index < -0.39 is 5.97 Å². The van der Waals surface area contributed by atoms with Crippen LogP contribution in [0.5, 0.6) is 0 Å². The summed E-state index contributed by atoms with van der Waals surface area (Å²) in [6.45, 7) is 3.86. The van der Waals surface area contributed by atoms with Crippen LogP contribution in [0.2, 0.25) is 0 Å². The molecule has 2 heterocycles. The zero-order valence-corrected chi connectivity index (χ0v) is 10.0. The molecule has 0 bridgehead atoms. The quantitative estimate of drug-likeness (QED) is 0.798. The summed E-state index contributed by atoms with van der Waals surface area (Å²) in [7, 11) is 1.68. The summed E-state index contributed by atoms with van der Waals surface area (Å²) in [4.78, 5) is 26.6. The van der Waals surface area contributed by atoms with E-state index in [1.807, 2.05) is 0 Å². The Bertz CT molecular complexity index is 637. The Labute approximate surface area is 98.0 Å². The van der Waals surface area contributed by atoms with Gasteiger partial charge in [-0.15, -0.1) is 0 Å². The zero-order chi connectivity index (χ0) is 12.6. The number of aromatic amines is 1. The van der Waals surface area contributed by atoms with Crippen LogP contribution in [0.1, 0.15) is 23.1 Å². The highest BCUT2D eigenvalue weighted by atomic mass is 16.5. The lowest BCUT2D eigenvalue weighted by molar-refractivity contribution is 0.0516. The summed E-state index contributed by atoms with van der Waals surface area (Å²) in [6.07, 6.45) is 0. The minimum Gasteiger partial charge on any atom is -0.461 e. The average Bonchev–Trinajstić information content (AvgIpc) is 2.56. The molecule has 0 saturated carbocycles. The number of nitrogens with one attached hydrogen (secondary N) is 1. The molecule has 0 atom stereocenters. The van der Waals surface area contributed by atoms with Crippen LogP contribution < -0.4 is 5.43 Å². The predicted octanol–water partition coefficient (Wildman–Crippen LogP) is 1.35. The SMILES string of the molecule is CCOC(=O)c1cc2[nH]c(C)cc(=O)c2n1C. The molecule has 0 saturated heterocycles. The second kappa shape index (κ2) is 4.08. The molecule has 0 fully saturated rings. The van der Waals surface area contributed by atoms with Crippen molar-refractivity contribution >= 4 is 17.0 Å². The number of carbonyl (C=O) groups is 1. The van der Waals surface area contributed by atoms with Gasteiger partial charge < -0.3 is 14.3 Å². The third-order valence-electron chi connectivity index (χ3n) is 2.63. The van der Waals surface area contributed by atoms with Gasteiger partial charge in [-0.2, -0.15) is 0 Å². The Morgan fingerprint density at radius 2 is 2.18 bits per heavy atom. The molecule has 1 N–H and O–H groups in total. The second-order valence-electron chi connectivity index (χ2n) is 3.89. The van der Waals surface area contributed by atoms with Crippen molar-refractivity contribution in [2.24, 2.45) is 7.05 Å². The molecule has 17 heavy (non-hydrogen) atoms. The lowest BCUT2D eigenvalue weighted by Gasteiger charge is -2.02. The fourth-order valence-electron chi connectivity index (χ4n) is 1.91. The largest absolute Gasteiger partial charge is 0.461 e. The van der Waals surface area contributed by atoms with Crippen molar-refractivity contribution < 1.29 is 9.53 Å². The van der Waals surface area contributed by atoms with Gasteiger partial charge in [0.1, 0.15) is 11.2 Å². The molecule has 2 aromatic heterocycles. The molecule has 0 aliphatic rings. The Balaban J connectivity index is 2.69. The molecule has 5 nitrogen and oxygen atoms in total. The first-order chi connectivity index (χ1) is 8.04. The van der Waals surface area contributed by atoms with Crippen molar-refractivity contribution in [3.05, 3.63) is 33.7 Å². The third kappa shape index (κ3) is 1.84. The molecule has 0 spiro atoms. The standard InChI is InChI=1S/C12H14N2O3/c1-4-17-12(16)9-6-8-11(14(9)3)10(15)5-7(2)13-8/h5-6H,4H2,1-3H3,(H,13,15). The minimum absolute atomic E-state index is 0.103. The molecule has 2 rings (SSSR count). The highest BCUT2D eigenvalue weighted by Gasteiger charge is 2.16. The van der Waals surface area contributed by atoms with Crippen molar-refractivity contribution in [3.63, 3.8) is 0 Å². The summed E-state index contributed by atoms with van der Waals surface area (Å²) >= 11 is 0. The third-order valence-corrected chi connectivity index (χ3v) is 2.63. The van der Waals surface area contributed by atoms with Crippen LogP contribution in [0, 0.1) is 6.92 Å². The molecule has 0 unspecified atom stereocenters. The van der Waals surface area contributed by atoms with Crippen LogP contribution in [-0.2, 0) is 11.8 Å². The van der Waals surface area contributed by atoms with Crippen LogP contribution in [0.25, 0.3) is 11.0 Å².